The Balaban J connectivity index is 3.46. The molecule has 0 saturated heterocycles. The lowest BCUT2D eigenvalue weighted by atomic mass is 10.0. The van der Waals surface area contributed by atoms with Crippen molar-refractivity contribution in [2.24, 2.45) is 0 Å². The summed E-state index contributed by atoms with van der Waals surface area (Å²) < 4.78 is 10.7. The zero-order valence-electron chi connectivity index (χ0n) is 40.0. The topological polar surface area (TPSA) is 72.8 Å². The van der Waals surface area contributed by atoms with Crippen LogP contribution in [0.15, 0.2) is 48.6 Å². The quantitative estimate of drug-likeness (QED) is 0.0375. The number of hydrogen-bond acceptors (Lipinski definition) is 5. The van der Waals surface area contributed by atoms with Gasteiger partial charge in [-0.25, -0.2) is 0 Å². The van der Waals surface area contributed by atoms with Crippen LogP contribution in [0.1, 0.15) is 271 Å². The van der Waals surface area contributed by atoms with Crippen LogP contribution in [-0.2, 0) is 19.1 Å². The summed E-state index contributed by atoms with van der Waals surface area (Å²) in [6, 6.07) is 0. The highest BCUT2D eigenvalue weighted by atomic mass is 16.6. The number of rotatable bonds is 48. The molecule has 350 valence electrons. The molecule has 1 atom stereocenters. The molecule has 0 aliphatic rings. The molecule has 0 spiro atoms. The van der Waals surface area contributed by atoms with Crippen LogP contribution >= 0.6 is 0 Å². The maximum absolute atomic E-state index is 12.3. The van der Waals surface area contributed by atoms with Gasteiger partial charge < -0.3 is 14.6 Å². The molecule has 0 rings (SSSR count). The lowest BCUT2D eigenvalue weighted by Crippen LogP contribution is -2.28. The third-order valence-electron chi connectivity index (χ3n) is 11.6. The van der Waals surface area contributed by atoms with E-state index in [2.05, 4.69) is 62.5 Å². The van der Waals surface area contributed by atoms with E-state index in [4.69, 9.17) is 9.47 Å². The van der Waals surface area contributed by atoms with Gasteiger partial charge in [-0.3, -0.25) is 9.59 Å². The molecule has 0 bridgehead atoms. The van der Waals surface area contributed by atoms with Crippen LogP contribution in [0.4, 0.5) is 0 Å². The number of ether oxygens (including phenoxy) is 2. The lowest BCUT2D eigenvalue weighted by molar-refractivity contribution is -0.161. The second-order valence-electron chi connectivity index (χ2n) is 17.6. The Morgan fingerprint density at radius 2 is 0.667 bits per heavy atom. The smallest absolute Gasteiger partial charge is 0.306 e. The summed E-state index contributed by atoms with van der Waals surface area (Å²) in [5.41, 5.74) is 0. The first-order chi connectivity index (χ1) is 29.6. The minimum Gasteiger partial charge on any atom is -0.462 e. The summed E-state index contributed by atoms with van der Waals surface area (Å²) in [7, 11) is 0. The SMILES string of the molecule is CCCCCCC/C=C\C/C=C\C/C=C\CCCCCCCCCCCCCCCCCCC(=O)OC(CO)COC(=O)CCCCCCC/C=C\CCCCCCCC. The van der Waals surface area contributed by atoms with Gasteiger partial charge in [0.15, 0.2) is 6.10 Å². The van der Waals surface area contributed by atoms with E-state index in [1.165, 1.54) is 186 Å². The van der Waals surface area contributed by atoms with Crippen LogP contribution < -0.4 is 0 Å². The van der Waals surface area contributed by atoms with Crippen molar-refractivity contribution in [3.8, 4) is 0 Å². The van der Waals surface area contributed by atoms with Crippen molar-refractivity contribution in [3.63, 3.8) is 0 Å². The largest absolute Gasteiger partial charge is 0.462 e. The molecule has 0 aromatic heterocycles. The Hall–Kier alpha value is -2.14. The predicted molar refractivity (Wildman–Crippen MR) is 261 cm³/mol. The fourth-order valence-corrected chi connectivity index (χ4v) is 7.62. The van der Waals surface area contributed by atoms with E-state index in [-0.39, 0.29) is 25.2 Å². The summed E-state index contributed by atoms with van der Waals surface area (Å²) in [6.07, 6.45) is 66.4. The van der Waals surface area contributed by atoms with Gasteiger partial charge >= 0.3 is 11.9 Å². The minimum absolute atomic E-state index is 0.0681. The second-order valence-corrected chi connectivity index (χ2v) is 17.6. The standard InChI is InChI=1S/C55H100O5/c1-3-5-7-9-11-13-15-17-19-20-21-22-23-24-25-26-27-28-29-30-31-32-33-34-36-38-40-42-44-46-48-50-55(58)60-53(51-56)52-59-54(57)49-47-45-43-41-39-37-35-18-16-14-12-10-8-6-4-2/h15,17-18,20-21,23-24,35,53,56H,3-14,16,19,22,25-34,36-52H2,1-2H3/b17-15-,21-20-,24-23-,35-18-. The zero-order valence-corrected chi connectivity index (χ0v) is 40.0. The Bertz CT molecular complexity index is 997. The van der Waals surface area contributed by atoms with E-state index in [1.807, 2.05) is 0 Å². The Morgan fingerprint density at radius 3 is 1.02 bits per heavy atom. The predicted octanol–water partition coefficient (Wildman–Crippen LogP) is 17.3. The Morgan fingerprint density at radius 1 is 0.383 bits per heavy atom. The minimum atomic E-state index is -0.774. The fraction of sp³-hybridized carbons (Fsp3) is 0.818. The number of unbranched alkanes of at least 4 members (excludes halogenated alkanes) is 32. The average Bonchev–Trinajstić information content (AvgIpc) is 3.25. The van der Waals surface area contributed by atoms with Crippen LogP contribution in [0.25, 0.3) is 0 Å². The summed E-state index contributed by atoms with van der Waals surface area (Å²) in [6.45, 7) is 4.14. The molecule has 0 saturated carbocycles. The third-order valence-corrected chi connectivity index (χ3v) is 11.6. The highest BCUT2D eigenvalue weighted by Crippen LogP contribution is 2.16. The van der Waals surface area contributed by atoms with Gasteiger partial charge in [0.1, 0.15) is 6.61 Å². The van der Waals surface area contributed by atoms with Crippen molar-refractivity contribution < 1.29 is 24.2 Å². The molecule has 0 amide bonds. The first-order valence-corrected chi connectivity index (χ1v) is 26.2. The number of hydrogen-bond donors (Lipinski definition) is 1. The van der Waals surface area contributed by atoms with Gasteiger partial charge in [0.05, 0.1) is 6.61 Å². The molecule has 0 heterocycles. The van der Waals surface area contributed by atoms with E-state index in [9.17, 15) is 14.7 Å². The van der Waals surface area contributed by atoms with Gasteiger partial charge in [-0.05, 0) is 77.0 Å². The van der Waals surface area contributed by atoms with Crippen LogP contribution in [0.5, 0.6) is 0 Å². The van der Waals surface area contributed by atoms with Gasteiger partial charge in [0.2, 0.25) is 0 Å². The van der Waals surface area contributed by atoms with Crippen LogP contribution in [0.3, 0.4) is 0 Å². The average molecular weight is 841 g/mol. The molecule has 0 radical (unpaired) electrons. The number of esters is 2. The maximum Gasteiger partial charge on any atom is 0.306 e. The van der Waals surface area contributed by atoms with Gasteiger partial charge in [0, 0.05) is 12.8 Å². The lowest BCUT2D eigenvalue weighted by Gasteiger charge is -2.15. The van der Waals surface area contributed by atoms with Crippen molar-refractivity contribution in [2.45, 2.75) is 277 Å². The van der Waals surface area contributed by atoms with Crippen LogP contribution in [0.2, 0.25) is 0 Å². The molecule has 0 aliphatic heterocycles. The summed E-state index contributed by atoms with van der Waals surface area (Å²) in [5.74, 6) is -0.592. The summed E-state index contributed by atoms with van der Waals surface area (Å²) in [5, 5.41) is 9.61. The van der Waals surface area contributed by atoms with Crippen LogP contribution in [0, 0.1) is 0 Å². The molecule has 1 unspecified atom stereocenters. The van der Waals surface area contributed by atoms with Crippen molar-refractivity contribution in [2.75, 3.05) is 13.2 Å². The number of aliphatic hydroxyl groups excluding tert-OH is 1. The fourth-order valence-electron chi connectivity index (χ4n) is 7.62. The van der Waals surface area contributed by atoms with E-state index >= 15 is 0 Å². The summed E-state index contributed by atoms with van der Waals surface area (Å²) in [4.78, 5) is 24.4. The van der Waals surface area contributed by atoms with E-state index in [1.54, 1.807) is 0 Å². The first kappa shape index (κ1) is 57.9. The molecule has 0 aromatic carbocycles. The van der Waals surface area contributed by atoms with E-state index in [0.29, 0.717) is 12.8 Å². The number of carbonyl (C=O) groups excluding carboxylic acids is 2. The van der Waals surface area contributed by atoms with Gasteiger partial charge in [-0.15, -0.1) is 0 Å². The van der Waals surface area contributed by atoms with Crippen LogP contribution in [-0.4, -0.2) is 36.4 Å². The monoisotopic (exact) mass is 841 g/mol. The Kier molecular flexibility index (Phi) is 49.4. The number of aliphatic hydroxyl groups is 1. The molecular weight excluding hydrogens is 741 g/mol. The van der Waals surface area contributed by atoms with Crippen molar-refractivity contribution >= 4 is 11.9 Å². The molecule has 5 heteroatoms. The summed E-state index contributed by atoms with van der Waals surface area (Å²) >= 11 is 0. The van der Waals surface area contributed by atoms with Gasteiger partial charge in [0.25, 0.3) is 0 Å². The highest BCUT2D eigenvalue weighted by Gasteiger charge is 2.16. The number of allylic oxidation sites excluding steroid dienone is 8. The van der Waals surface area contributed by atoms with Crippen molar-refractivity contribution in [1.29, 1.82) is 0 Å². The van der Waals surface area contributed by atoms with Crippen molar-refractivity contribution in [3.05, 3.63) is 48.6 Å². The molecule has 0 fully saturated rings. The van der Waals surface area contributed by atoms with Gasteiger partial charge in [-0.1, -0.05) is 229 Å². The van der Waals surface area contributed by atoms with Crippen molar-refractivity contribution in [1.82, 2.24) is 0 Å². The molecule has 5 nitrogen and oxygen atoms in total. The second kappa shape index (κ2) is 51.2. The van der Waals surface area contributed by atoms with E-state index in [0.717, 1.165) is 57.8 Å². The highest BCUT2D eigenvalue weighted by molar-refractivity contribution is 5.70. The maximum atomic E-state index is 12.3. The first-order valence-electron chi connectivity index (χ1n) is 26.2. The molecule has 0 aliphatic carbocycles. The molecule has 60 heavy (non-hydrogen) atoms. The van der Waals surface area contributed by atoms with E-state index < -0.39 is 6.10 Å². The molecular formula is C55H100O5. The number of carbonyl (C=O) groups is 2. The zero-order chi connectivity index (χ0) is 43.5. The molecule has 0 aromatic rings. The molecule has 1 N–H and O–H groups in total. The van der Waals surface area contributed by atoms with Gasteiger partial charge in [-0.2, -0.15) is 0 Å². The Labute approximate surface area is 373 Å². The normalized spacial score (nSPS) is 12.5. The third kappa shape index (κ3) is 48.5.